The Labute approximate surface area is 135 Å². The lowest BCUT2D eigenvalue weighted by atomic mass is 10.2. The van der Waals surface area contributed by atoms with Crippen LogP contribution in [0.4, 0.5) is 5.69 Å². The molecule has 0 atom stereocenters. The molecule has 6 nitrogen and oxygen atoms in total. The quantitative estimate of drug-likeness (QED) is 0.266. The van der Waals surface area contributed by atoms with Crippen molar-refractivity contribution >= 4 is 35.6 Å². The average Bonchev–Trinajstić information content (AvgIpc) is 3.20. The number of aliphatic imine (C=N–C) groups is 1. The van der Waals surface area contributed by atoms with Gasteiger partial charge in [0.05, 0.1) is 17.0 Å². The van der Waals surface area contributed by atoms with Gasteiger partial charge in [0.15, 0.2) is 5.96 Å². The zero-order valence-corrected chi connectivity index (χ0v) is 13.7. The van der Waals surface area contributed by atoms with Crippen LogP contribution in [0.3, 0.4) is 0 Å². The van der Waals surface area contributed by atoms with Crippen LogP contribution < -0.4 is 10.6 Å². The predicted octanol–water partition coefficient (Wildman–Crippen LogP) is 2.43. The van der Waals surface area contributed by atoms with Crippen LogP contribution in [0, 0.1) is 10.1 Å². The topological polar surface area (TPSA) is 79.6 Å². The summed E-state index contributed by atoms with van der Waals surface area (Å²) in [7, 11) is 0. The van der Waals surface area contributed by atoms with E-state index in [0.29, 0.717) is 18.2 Å². The normalized spacial score (nSPS) is 14.3. The fraction of sp³-hybridized carbons (Fsp3) is 0.462. The number of hydrogen-bond acceptors (Lipinski definition) is 3. The number of nitro groups is 1. The summed E-state index contributed by atoms with van der Waals surface area (Å²) in [4.78, 5) is 14.9. The Morgan fingerprint density at radius 1 is 1.45 bits per heavy atom. The average molecular weight is 390 g/mol. The van der Waals surface area contributed by atoms with E-state index in [1.165, 1.54) is 6.07 Å². The first kappa shape index (κ1) is 16.7. The molecule has 110 valence electrons. The summed E-state index contributed by atoms with van der Waals surface area (Å²) >= 11 is 0. The lowest BCUT2D eigenvalue weighted by Crippen LogP contribution is -2.38. The Bertz CT molecular complexity index is 489. The molecule has 1 aromatic rings. The second kappa shape index (κ2) is 8.03. The molecule has 0 saturated heterocycles. The van der Waals surface area contributed by atoms with E-state index in [4.69, 9.17) is 0 Å². The minimum atomic E-state index is -0.369. The van der Waals surface area contributed by atoms with E-state index >= 15 is 0 Å². The van der Waals surface area contributed by atoms with Crippen molar-refractivity contribution in [3.63, 3.8) is 0 Å². The zero-order chi connectivity index (χ0) is 13.7. The SMILES string of the molecule is CCNC(=NCc1ccccc1[N+](=O)[O-])NC1CC1.I. The maximum absolute atomic E-state index is 10.9. The number of hydrogen-bond donors (Lipinski definition) is 2. The molecule has 20 heavy (non-hydrogen) atoms. The highest BCUT2D eigenvalue weighted by atomic mass is 127. The number of guanidine groups is 1. The molecule has 1 saturated carbocycles. The van der Waals surface area contributed by atoms with E-state index in [1.807, 2.05) is 6.92 Å². The standard InChI is InChI=1S/C13H18N4O2.HI/c1-2-14-13(16-11-7-8-11)15-9-10-5-3-4-6-12(10)17(18)19;/h3-6,11H,2,7-9H2,1H3,(H2,14,15,16);1H. The number of para-hydroxylation sites is 1. The van der Waals surface area contributed by atoms with Gasteiger partial charge < -0.3 is 10.6 Å². The summed E-state index contributed by atoms with van der Waals surface area (Å²) in [6.45, 7) is 3.07. The van der Waals surface area contributed by atoms with Crippen molar-refractivity contribution in [1.82, 2.24) is 10.6 Å². The number of nitro benzene ring substituents is 1. The van der Waals surface area contributed by atoms with Crippen LogP contribution in [0.15, 0.2) is 29.3 Å². The third-order valence-corrected chi connectivity index (χ3v) is 2.86. The van der Waals surface area contributed by atoms with E-state index < -0.39 is 0 Å². The number of nitrogens with one attached hydrogen (secondary N) is 2. The highest BCUT2D eigenvalue weighted by Crippen LogP contribution is 2.20. The monoisotopic (exact) mass is 390 g/mol. The molecule has 0 spiro atoms. The summed E-state index contributed by atoms with van der Waals surface area (Å²) in [6, 6.07) is 7.20. The van der Waals surface area contributed by atoms with Crippen LogP contribution in [0.1, 0.15) is 25.3 Å². The molecule has 0 amide bonds. The van der Waals surface area contributed by atoms with Gasteiger partial charge in [0.1, 0.15) is 0 Å². The van der Waals surface area contributed by atoms with Crippen molar-refractivity contribution in [2.24, 2.45) is 4.99 Å². The fourth-order valence-electron chi connectivity index (χ4n) is 1.73. The molecule has 1 aliphatic rings. The van der Waals surface area contributed by atoms with Gasteiger partial charge in [-0.1, -0.05) is 18.2 Å². The first-order chi connectivity index (χ1) is 9.20. The molecule has 0 aliphatic heterocycles. The minimum absolute atomic E-state index is 0. The Kier molecular flexibility index (Phi) is 6.69. The molecule has 1 aromatic carbocycles. The number of rotatable bonds is 5. The molecule has 0 radical (unpaired) electrons. The number of halogens is 1. The Hall–Kier alpha value is -1.38. The summed E-state index contributed by atoms with van der Waals surface area (Å²) in [5.41, 5.74) is 0.744. The summed E-state index contributed by atoms with van der Waals surface area (Å²) < 4.78 is 0. The van der Waals surface area contributed by atoms with E-state index in [-0.39, 0.29) is 34.6 Å². The Balaban J connectivity index is 0.00000200. The molecular formula is C13H19IN4O2. The number of nitrogens with zero attached hydrogens (tertiary/aromatic N) is 2. The van der Waals surface area contributed by atoms with E-state index in [0.717, 1.165) is 25.3 Å². The van der Waals surface area contributed by atoms with Crippen molar-refractivity contribution in [3.8, 4) is 0 Å². The lowest BCUT2D eigenvalue weighted by molar-refractivity contribution is -0.385. The maximum atomic E-state index is 10.9. The Morgan fingerprint density at radius 2 is 2.15 bits per heavy atom. The van der Waals surface area contributed by atoms with Crippen LogP contribution in [0.2, 0.25) is 0 Å². The molecule has 0 bridgehead atoms. The van der Waals surface area contributed by atoms with Gasteiger partial charge in [0.25, 0.3) is 5.69 Å². The van der Waals surface area contributed by atoms with E-state index in [2.05, 4.69) is 15.6 Å². The highest BCUT2D eigenvalue weighted by Gasteiger charge is 2.22. The highest BCUT2D eigenvalue weighted by molar-refractivity contribution is 14.0. The van der Waals surface area contributed by atoms with Crippen LogP contribution >= 0.6 is 24.0 Å². The van der Waals surface area contributed by atoms with Gasteiger partial charge in [0.2, 0.25) is 0 Å². The van der Waals surface area contributed by atoms with Crippen LogP contribution in [-0.4, -0.2) is 23.5 Å². The van der Waals surface area contributed by atoms with E-state index in [1.54, 1.807) is 18.2 Å². The lowest BCUT2D eigenvalue weighted by Gasteiger charge is -2.10. The van der Waals surface area contributed by atoms with Crippen molar-refractivity contribution in [2.75, 3.05) is 6.54 Å². The second-order valence-electron chi connectivity index (χ2n) is 4.50. The van der Waals surface area contributed by atoms with Gasteiger partial charge in [0, 0.05) is 18.7 Å². The van der Waals surface area contributed by atoms with Crippen LogP contribution in [-0.2, 0) is 6.54 Å². The number of benzene rings is 1. The van der Waals surface area contributed by atoms with Gasteiger partial charge in [-0.2, -0.15) is 0 Å². The molecule has 2 rings (SSSR count). The largest absolute Gasteiger partial charge is 0.357 e. The van der Waals surface area contributed by atoms with Gasteiger partial charge in [-0.15, -0.1) is 24.0 Å². The predicted molar refractivity (Wildman–Crippen MR) is 89.5 cm³/mol. The molecule has 2 N–H and O–H groups in total. The summed E-state index contributed by atoms with van der Waals surface area (Å²) in [5, 5.41) is 17.3. The summed E-state index contributed by atoms with van der Waals surface area (Å²) in [6.07, 6.45) is 2.33. The minimum Gasteiger partial charge on any atom is -0.357 e. The molecule has 7 heteroatoms. The molecule has 0 heterocycles. The van der Waals surface area contributed by atoms with E-state index in [9.17, 15) is 10.1 Å². The van der Waals surface area contributed by atoms with Crippen molar-refractivity contribution in [1.29, 1.82) is 0 Å². The Morgan fingerprint density at radius 3 is 2.75 bits per heavy atom. The molecule has 1 aliphatic carbocycles. The zero-order valence-electron chi connectivity index (χ0n) is 11.3. The van der Waals surface area contributed by atoms with Crippen molar-refractivity contribution in [3.05, 3.63) is 39.9 Å². The second-order valence-corrected chi connectivity index (χ2v) is 4.50. The van der Waals surface area contributed by atoms with Crippen LogP contribution in [0.25, 0.3) is 0 Å². The summed E-state index contributed by atoms with van der Waals surface area (Å²) in [5.74, 6) is 0.725. The molecule has 1 fully saturated rings. The van der Waals surface area contributed by atoms with Gasteiger partial charge in [-0.25, -0.2) is 4.99 Å². The van der Waals surface area contributed by atoms with Gasteiger partial charge >= 0.3 is 0 Å². The smallest absolute Gasteiger partial charge is 0.274 e. The fourth-order valence-corrected chi connectivity index (χ4v) is 1.73. The molecule has 0 aromatic heterocycles. The van der Waals surface area contributed by atoms with Gasteiger partial charge in [-0.05, 0) is 19.8 Å². The third-order valence-electron chi connectivity index (χ3n) is 2.86. The van der Waals surface area contributed by atoms with Crippen molar-refractivity contribution in [2.45, 2.75) is 32.4 Å². The first-order valence-electron chi connectivity index (χ1n) is 6.48. The maximum Gasteiger partial charge on any atom is 0.274 e. The van der Waals surface area contributed by atoms with Crippen molar-refractivity contribution < 1.29 is 4.92 Å². The first-order valence-corrected chi connectivity index (χ1v) is 6.48. The third kappa shape index (κ3) is 4.95. The molecular weight excluding hydrogens is 371 g/mol. The van der Waals surface area contributed by atoms with Gasteiger partial charge in [-0.3, -0.25) is 10.1 Å². The molecule has 0 unspecified atom stereocenters. The van der Waals surface area contributed by atoms with Crippen LogP contribution in [0.5, 0.6) is 0 Å².